The number of ether oxygens (including phenoxy) is 3. The number of benzene rings is 2. The zero-order chi connectivity index (χ0) is 25.2. The van der Waals surface area contributed by atoms with Crippen LogP contribution in [0.15, 0.2) is 35.9 Å². The van der Waals surface area contributed by atoms with Crippen LogP contribution < -0.4 is 14.2 Å². The Kier molecular flexibility index (Phi) is 7.97. The monoisotopic (exact) mass is 508 g/mol. The fraction of sp³-hybridized carbons (Fsp3) is 0.333. The molecule has 1 fully saturated rings. The minimum atomic E-state index is -0.926. The third kappa shape index (κ3) is 4.66. The molecule has 2 aromatic carbocycles. The van der Waals surface area contributed by atoms with Gasteiger partial charge in [0.2, 0.25) is 0 Å². The Hall–Kier alpha value is -2.94. The van der Waals surface area contributed by atoms with Gasteiger partial charge in [-0.15, -0.1) is 0 Å². The van der Waals surface area contributed by atoms with Crippen LogP contribution in [0.4, 0.5) is 0 Å². The van der Waals surface area contributed by atoms with Gasteiger partial charge in [-0.3, -0.25) is 9.59 Å². The van der Waals surface area contributed by atoms with E-state index < -0.39 is 23.5 Å². The molecule has 1 unspecified atom stereocenters. The summed E-state index contributed by atoms with van der Waals surface area (Å²) in [5, 5.41) is 11.6. The highest BCUT2D eigenvalue weighted by Gasteiger charge is 2.47. The molecule has 1 amide bonds. The SMILES string of the molecule is COc1cccc(C2/C(=C(\O)c3cc(Cl)c(OC)c(Cl)c3)C(=O)C(=O)N2CCN(C)C)c1OC. The zero-order valence-corrected chi connectivity index (χ0v) is 21.0. The molecule has 0 aliphatic carbocycles. The van der Waals surface area contributed by atoms with E-state index in [2.05, 4.69) is 0 Å². The van der Waals surface area contributed by atoms with Crippen molar-refractivity contribution >= 4 is 40.7 Å². The van der Waals surface area contributed by atoms with Crippen LogP contribution in [0.2, 0.25) is 10.0 Å². The Morgan fingerprint density at radius 2 is 1.65 bits per heavy atom. The highest BCUT2D eigenvalue weighted by atomic mass is 35.5. The summed E-state index contributed by atoms with van der Waals surface area (Å²) < 4.78 is 16.2. The van der Waals surface area contributed by atoms with E-state index in [9.17, 15) is 14.7 Å². The molecule has 34 heavy (non-hydrogen) atoms. The number of likely N-dealkylation sites (N-methyl/N-ethyl adjacent to an activating group) is 1. The molecular formula is C24H26Cl2N2O6. The standard InChI is InChI=1S/C24H26Cl2N2O6/c1-27(2)9-10-28-19(14-7-6-8-17(32-3)22(14)33-4)18(21(30)24(28)31)20(29)13-11-15(25)23(34-5)16(26)12-13/h6-8,11-12,19,29H,9-10H2,1-5H3/b20-18+. The predicted octanol–water partition coefficient (Wildman–Crippen LogP) is 4.00. The van der Waals surface area contributed by atoms with Crippen LogP contribution >= 0.6 is 23.2 Å². The number of rotatable bonds is 8. The zero-order valence-electron chi connectivity index (χ0n) is 19.5. The number of halogens is 2. The molecule has 0 saturated carbocycles. The van der Waals surface area contributed by atoms with Gasteiger partial charge >= 0.3 is 0 Å². The fourth-order valence-corrected chi connectivity index (χ4v) is 4.56. The van der Waals surface area contributed by atoms with Gasteiger partial charge in [-0.25, -0.2) is 0 Å². The van der Waals surface area contributed by atoms with Crippen molar-refractivity contribution in [3.05, 3.63) is 57.1 Å². The second-order valence-electron chi connectivity index (χ2n) is 7.85. The van der Waals surface area contributed by atoms with E-state index in [1.54, 1.807) is 18.2 Å². The Morgan fingerprint density at radius 1 is 1.03 bits per heavy atom. The molecule has 1 saturated heterocycles. The maximum atomic E-state index is 13.2. The number of carbonyl (C=O) groups excluding carboxylic acids is 2. The van der Waals surface area contributed by atoms with Gasteiger partial charge in [-0.2, -0.15) is 0 Å². The lowest BCUT2D eigenvalue weighted by Crippen LogP contribution is -2.35. The minimum Gasteiger partial charge on any atom is -0.507 e. The molecule has 1 atom stereocenters. The summed E-state index contributed by atoms with van der Waals surface area (Å²) in [6, 6.07) is 7.08. The van der Waals surface area contributed by atoms with Crippen LogP contribution in [-0.2, 0) is 9.59 Å². The Balaban J connectivity index is 2.28. The van der Waals surface area contributed by atoms with Gasteiger partial charge in [0.25, 0.3) is 11.7 Å². The van der Waals surface area contributed by atoms with Gasteiger partial charge in [-0.05, 0) is 32.3 Å². The lowest BCUT2D eigenvalue weighted by molar-refractivity contribution is -0.140. The second kappa shape index (κ2) is 10.5. The third-order valence-electron chi connectivity index (χ3n) is 5.53. The van der Waals surface area contributed by atoms with Gasteiger partial charge in [-0.1, -0.05) is 35.3 Å². The normalized spacial score (nSPS) is 17.4. The molecule has 0 bridgehead atoms. The molecule has 8 nitrogen and oxygen atoms in total. The van der Waals surface area contributed by atoms with E-state index in [-0.39, 0.29) is 33.5 Å². The summed E-state index contributed by atoms with van der Waals surface area (Å²) in [5.74, 6) is -0.959. The van der Waals surface area contributed by atoms with E-state index in [4.69, 9.17) is 37.4 Å². The molecule has 0 radical (unpaired) electrons. The van der Waals surface area contributed by atoms with Gasteiger partial charge in [0.05, 0.1) is 43.0 Å². The summed E-state index contributed by atoms with van der Waals surface area (Å²) >= 11 is 12.5. The molecule has 0 aromatic heterocycles. The Morgan fingerprint density at radius 3 is 2.18 bits per heavy atom. The smallest absolute Gasteiger partial charge is 0.295 e. The number of para-hydroxylation sites is 1. The predicted molar refractivity (Wildman–Crippen MR) is 130 cm³/mol. The molecule has 10 heteroatoms. The Bertz CT molecular complexity index is 1130. The van der Waals surface area contributed by atoms with E-state index in [0.29, 0.717) is 23.6 Å². The molecular weight excluding hydrogens is 483 g/mol. The van der Waals surface area contributed by atoms with Gasteiger partial charge in [0.1, 0.15) is 5.76 Å². The van der Waals surface area contributed by atoms with Crippen molar-refractivity contribution in [3.63, 3.8) is 0 Å². The average molecular weight is 509 g/mol. The van der Waals surface area contributed by atoms with Crippen LogP contribution in [0.1, 0.15) is 17.2 Å². The topological polar surface area (TPSA) is 88.5 Å². The molecule has 3 rings (SSSR count). The first-order chi connectivity index (χ1) is 16.2. The van der Waals surface area contributed by atoms with Crippen LogP contribution in [0.5, 0.6) is 17.2 Å². The highest BCUT2D eigenvalue weighted by Crippen LogP contribution is 2.46. The van der Waals surface area contributed by atoms with Crippen LogP contribution in [-0.4, -0.2) is 75.1 Å². The van der Waals surface area contributed by atoms with E-state index in [1.165, 1.54) is 38.4 Å². The van der Waals surface area contributed by atoms with Crippen molar-refractivity contribution < 1.29 is 28.9 Å². The third-order valence-corrected chi connectivity index (χ3v) is 6.09. The summed E-state index contributed by atoms with van der Waals surface area (Å²) in [6.07, 6.45) is 0. The summed E-state index contributed by atoms with van der Waals surface area (Å²) in [4.78, 5) is 29.6. The van der Waals surface area contributed by atoms with E-state index in [1.807, 2.05) is 19.0 Å². The molecule has 2 aromatic rings. The number of nitrogens with zero attached hydrogens (tertiary/aromatic N) is 2. The van der Waals surface area contributed by atoms with Gasteiger partial charge in [0, 0.05) is 24.2 Å². The van der Waals surface area contributed by atoms with Gasteiger partial charge in [0.15, 0.2) is 17.2 Å². The largest absolute Gasteiger partial charge is 0.507 e. The molecule has 1 aliphatic heterocycles. The molecule has 1 heterocycles. The summed E-state index contributed by atoms with van der Waals surface area (Å²) in [5.41, 5.74) is 0.563. The van der Waals surface area contributed by atoms with Crippen LogP contribution in [0, 0.1) is 0 Å². The fourth-order valence-electron chi connectivity index (χ4n) is 3.92. The number of carbonyl (C=O) groups is 2. The summed E-state index contributed by atoms with van der Waals surface area (Å²) in [7, 11) is 8.10. The number of Topliss-reactive ketones (excluding diaryl/α,β-unsaturated/α-hetero) is 1. The lowest BCUT2D eigenvalue weighted by atomic mass is 9.94. The maximum Gasteiger partial charge on any atom is 0.295 e. The highest BCUT2D eigenvalue weighted by molar-refractivity contribution is 6.46. The number of hydrogen-bond donors (Lipinski definition) is 1. The number of likely N-dealkylation sites (tertiary alicyclic amines) is 1. The maximum absolute atomic E-state index is 13.2. The second-order valence-corrected chi connectivity index (χ2v) is 8.67. The lowest BCUT2D eigenvalue weighted by Gasteiger charge is -2.28. The van der Waals surface area contributed by atoms with Crippen LogP contribution in [0.3, 0.4) is 0 Å². The quantitative estimate of drug-likeness (QED) is 0.327. The Labute approximate surface area is 208 Å². The minimum absolute atomic E-state index is 0.104. The van der Waals surface area contributed by atoms with Crippen molar-refractivity contribution in [1.29, 1.82) is 0 Å². The molecule has 1 aliphatic rings. The van der Waals surface area contributed by atoms with E-state index >= 15 is 0 Å². The molecule has 1 N–H and O–H groups in total. The van der Waals surface area contributed by atoms with Crippen molar-refractivity contribution in [2.24, 2.45) is 0 Å². The van der Waals surface area contributed by atoms with Crippen molar-refractivity contribution in [1.82, 2.24) is 9.80 Å². The number of aliphatic hydroxyl groups is 1. The number of amides is 1. The number of ketones is 1. The van der Waals surface area contributed by atoms with Crippen LogP contribution in [0.25, 0.3) is 5.76 Å². The first-order valence-electron chi connectivity index (χ1n) is 10.3. The number of hydrogen-bond acceptors (Lipinski definition) is 7. The molecule has 182 valence electrons. The first kappa shape index (κ1) is 25.7. The average Bonchev–Trinajstić information content (AvgIpc) is 3.05. The number of aliphatic hydroxyl groups excluding tert-OH is 1. The number of methoxy groups -OCH3 is 3. The van der Waals surface area contributed by atoms with Gasteiger partial charge < -0.3 is 29.1 Å². The summed E-state index contributed by atoms with van der Waals surface area (Å²) in [6.45, 7) is 0.736. The van der Waals surface area contributed by atoms with Crippen molar-refractivity contribution in [3.8, 4) is 17.2 Å². The van der Waals surface area contributed by atoms with E-state index in [0.717, 1.165) is 0 Å². The van der Waals surface area contributed by atoms with Crippen molar-refractivity contribution in [2.45, 2.75) is 6.04 Å². The molecule has 0 spiro atoms. The first-order valence-corrected chi connectivity index (χ1v) is 11.1. The van der Waals surface area contributed by atoms with Crippen molar-refractivity contribution in [2.75, 3.05) is 48.5 Å².